The Morgan fingerprint density at radius 1 is 1.12 bits per heavy atom. The first kappa shape index (κ1) is 17.9. The van der Waals surface area contributed by atoms with Crippen LogP contribution >= 0.6 is 0 Å². The van der Waals surface area contributed by atoms with Gasteiger partial charge in [0.2, 0.25) is 5.88 Å². The van der Waals surface area contributed by atoms with Gasteiger partial charge in [0.25, 0.3) is 5.91 Å². The molecule has 2 aromatic rings. The lowest BCUT2D eigenvalue weighted by Gasteiger charge is -2.35. The van der Waals surface area contributed by atoms with Crippen LogP contribution in [0.1, 0.15) is 23.7 Å². The lowest BCUT2D eigenvalue weighted by atomic mass is 10.2. The van der Waals surface area contributed by atoms with Gasteiger partial charge in [0.1, 0.15) is 5.82 Å². The molecule has 0 aromatic carbocycles. The Kier molecular flexibility index (Phi) is 5.83. The Morgan fingerprint density at radius 3 is 2.46 bits per heavy atom. The average Bonchev–Trinajstić information content (AvgIpc) is 2.72. The van der Waals surface area contributed by atoms with Gasteiger partial charge in [0, 0.05) is 38.9 Å². The Hall–Kier alpha value is -2.90. The summed E-state index contributed by atoms with van der Waals surface area (Å²) in [5.41, 5.74) is 0.590. The summed E-state index contributed by atoms with van der Waals surface area (Å²) in [5.74, 6) is 2.14. The maximum atomic E-state index is 11.9. The molecule has 3 heterocycles. The molecule has 138 valence electrons. The number of anilines is 2. The minimum atomic E-state index is -0.0766. The number of rotatable bonds is 6. The first-order chi connectivity index (χ1) is 12.7. The van der Waals surface area contributed by atoms with Crippen molar-refractivity contribution in [3.8, 4) is 5.88 Å². The monoisotopic (exact) mass is 356 g/mol. The second-order valence-corrected chi connectivity index (χ2v) is 6.05. The molecular weight excluding hydrogens is 332 g/mol. The highest BCUT2D eigenvalue weighted by atomic mass is 16.5. The average molecular weight is 356 g/mol. The van der Waals surface area contributed by atoms with Gasteiger partial charge in [-0.2, -0.15) is 4.98 Å². The van der Waals surface area contributed by atoms with Gasteiger partial charge in [0.15, 0.2) is 5.82 Å². The molecule has 1 N–H and O–H groups in total. The Morgan fingerprint density at radius 2 is 1.85 bits per heavy atom. The van der Waals surface area contributed by atoms with Crippen molar-refractivity contribution in [1.29, 1.82) is 0 Å². The van der Waals surface area contributed by atoms with Crippen LogP contribution in [0, 0.1) is 0 Å². The number of hydrogen-bond acceptors (Lipinski definition) is 7. The lowest BCUT2D eigenvalue weighted by Crippen LogP contribution is -2.47. The number of carbonyl (C=O) groups is 1. The van der Waals surface area contributed by atoms with E-state index in [-0.39, 0.29) is 5.91 Å². The molecule has 1 aliphatic heterocycles. The summed E-state index contributed by atoms with van der Waals surface area (Å²) >= 11 is 0. The number of piperazine rings is 1. The molecule has 1 aliphatic rings. The zero-order chi connectivity index (χ0) is 18.4. The topological polar surface area (TPSA) is 83.5 Å². The van der Waals surface area contributed by atoms with E-state index in [0.717, 1.165) is 44.2 Å². The molecule has 0 aliphatic carbocycles. The van der Waals surface area contributed by atoms with Crippen molar-refractivity contribution in [2.75, 3.05) is 49.6 Å². The zero-order valence-electron chi connectivity index (χ0n) is 15.2. The van der Waals surface area contributed by atoms with Gasteiger partial charge in [-0.25, -0.2) is 4.98 Å². The SMILES string of the molecule is CCCNC(=O)c1ccc(N2CCN(c3cncc(OC)n3)CC2)nc1. The smallest absolute Gasteiger partial charge is 0.252 e. The maximum absolute atomic E-state index is 11.9. The molecule has 1 amide bonds. The van der Waals surface area contributed by atoms with E-state index >= 15 is 0 Å². The Labute approximate surface area is 153 Å². The minimum Gasteiger partial charge on any atom is -0.480 e. The molecular formula is C18H24N6O2. The number of aromatic nitrogens is 3. The molecule has 2 aromatic heterocycles. The molecule has 1 saturated heterocycles. The van der Waals surface area contributed by atoms with Crippen molar-refractivity contribution in [3.05, 3.63) is 36.3 Å². The first-order valence-electron chi connectivity index (χ1n) is 8.81. The summed E-state index contributed by atoms with van der Waals surface area (Å²) in [5, 5.41) is 2.86. The predicted molar refractivity (Wildman–Crippen MR) is 99.9 cm³/mol. The predicted octanol–water partition coefficient (Wildman–Crippen LogP) is 1.35. The van der Waals surface area contributed by atoms with Gasteiger partial charge in [0.05, 0.1) is 25.1 Å². The van der Waals surface area contributed by atoms with E-state index in [1.54, 1.807) is 25.7 Å². The number of nitrogens with one attached hydrogen (secondary N) is 1. The second kappa shape index (κ2) is 8.46. The third-order valence-corrected chi connectivity index (χ3v) is 4.28. The molecule has 26 heavy (non-hydrogen) atoms. The third kappa shape index (κ3) is 4.19. The Bertz CT molecular complexity index is 729. The summed E-state index contributed by atoms with van der Waals surface area (Å²) in [6.07, 6.45) is 5.90. The van der Waals surface area contributed by atoms with E-state index in [1.807, 2.05) is 19.1 Å². The van der Waals surface area contributed by atoms with Crippen LogP contribution in [0.5, 0.6) is 5.88 Å². The summed E-state index contributed by atoms with van der Waals surface area (Å²) in [4.78, 5) is 29.4. The van der Waals surface area contributed by atoms with E-state index in [4.69, 9.17) is 4.74 Å². The van der Waals surface area contributed by atoms with Crippen LogP contribution in [0.2, 0.25) is 0 Å². The number of hydrogen-bond donors (Lipinski definition) is 1. The van der Waals surface area contributed by atoms with Crippen LogP contribution in [0.15, 0.2) is 30.7 Å². The summed E-state index contributed by atoms with van der Waals surface area (Å²) < 4.78 is 5.14. The van der Waals surface area contributed by atoms with Gasteiger partial charge in [-0.15, -0.1) is 0 Å². The van der Waals surface area contributed by atoms with E-state index in [0.29, 0.717) is 18.0 Å². The minimum absolute atomic E-state index is 0.0766. The van der Waals surface area contributed by atoms with Crippen molar-refractivity contribution in [2.24, 2.45) is 0 Å². The molecule has 1 fully saturated rings. The van der Waals surface area contributed by atoms with Gasteiger partial charge in [-0.05, 0) is 18.6 Å². The van der Waals surface area contributed by atoms with Crippen LogP contribution in [0.3, 0.4) is 0 Å². The summed E-state index contributed by atoms with van der Waals surface area (Å²) in [6.45, 7) is 6.00. The van der Waals surface area contributed by atoms with Gasteiger partial charge in [-0.3, -0.25) is 9.78 Å². The highest BCUT2D eigenvalue weighted by Gasteiger charge is 2.20. The quantitative estimate of drug-likeness (QED) is 0.836. The number of pyridine rings is 1. The third-order valence-electron chi connectivity index (χ3n) is 4.28. The van der Waals surface area contributed by atoms with E-state index in [2.05, 4.69) is 30.1 Å². The van der Waals surface area contributed by atoms with E-state index in [1.165, 1.54) is 0 Å². The van der Waals surface area contributed by atoms with Crippen LogP contribution in [-0.2, 0) is 0 Å². The zero-order valence-corrected chi connectivity index (χ0v) is 15.2. The standard InChI is InChI=1S/C18H24N6O2/c1-3-6-20-18(25)14-4-5-15(21-11-14)23-7-9-24(10-8-23)16-12-19-13-17(22-16)26-2/h4-5,11-13H,3,6-10H2,1-2H3,(H,20,25). The molecule has 0 unspecified atom stereocenters. The normalized spacial score (nSPS) is 14.2. The fourth-order valence-corrected chi connectivity index (χ4v) is 2.80. The molecule has 0 atom stereocenters. The van der Waals surface area contributed by atoms with Gasteiger partial charge in [-0.1, -0.05) is 6.92 Å². The molecule has 0 bridgehead atoms. The molecule has 0 radical (unpaired) electrons. The number of methoxy groups -OCH3 is 1. The number of nitrogens with zero attached hydrogens (tertiary/aromatic N) is 5. The number of amides is 1. The highest BCUT2D eigenvalue weighted by Crippen LogP contribution is 2.19. The second-order valence-electron chi connectivity index (χ2n) is 6.05. The van der Waals surface area contributed by atoms with Crippen LogP contribution in [-0.4, -0.2) is 60.7 Å². The largest absolute Gasteiger partial charge is 0.480 e. The highest BCUT2D eigenvalue weighted by molar-refractivity contribution is 5.94. The fraction of sp³-hybridized carbons (Fsp3) is 0.444. The molecule has 8 heteroatoms. The molecule has 0 saturated carbocycles. The Balaban J connectivity index is 1.58. The van der Waals surface area contributed by atoms with Crippen molar-refractivity contribution < 1.29 is 9.53 Å². The fourth-order valence-electron chi connectivity index (χ4n) is 2.80. The maximum Gasteiger partial charge on any atom is 0.252 e. The van der Waals surface area contributed by atoms with Crippen molar-refractivity contribution in [3.63, 3.8) is 0 Å². The lowest BCUT2D eigenvalue weighted by molar-refractivity contribution is 0.0953. The summed E-state index contributed by atoms with van der Waals surface area (Å²) in [6, 6.07) is 3.73. The van der Waals surface area contributed by atoms with Crippen molar-refractivity contribution >= 4 is 17.5 Å². The number of ether oxygens (including phenoxy) is 1. The number of carbonyl (C=O) groups excluding carboxylic acids is 1. The van der Waals surface area contributed by atoms with E-state index in [9.17, 15) is 4.79 Å². The van der Waals surface area contributed by atoms with Crippen LogP contribution in [0.25, 0.3) is 0 Å². The van der Waals surface area contributed by atoms with Gasteiger partial charge >= 0.3 is 0 Å². The van der Waals surface area contributed by atoms with Crippen LogP contribution in [0.4, 0.5) is 11.6 Å². The molecule has 8 nitrogen and oxygen atoms in total. The van der Waals surface area contributed by atoms with Crippen molar-refractivity contribution in [2.45, 2.75) is 13.3 Å². The molecule has 0 spiro atoms. The first-order valence-corrected chi connectivity index (χ1v) is 8.81. The van der Waals surface area contributed by atoms with Crippen LogP contribution < -0.4 is 19.9 Å². The molecule has 3 rings (SSSR count). The van der Waals surface area contributed by atoms with E-state index < -0.39 is 0 Å². The van der Waals surface area contributed by atoms with Gasteiger partial charge < -0.3 is 19.9 Å². The summed E-state index contributed by atoms with van der Waals surface area (Å²) in [7, 11) is 1.59. The van der Waals surface area contributed by atoms with Crippen molar-refractivity contribution in [1.82, 2.24) is 20.3 Å².